The van der Waals surface area contributed by atoms with Crippen LogP contribution in [-0.2, 0) is 19.1 Å². The molecule has 3 N–H and O–H groups in total. The van der Waals surface area contributed by atoms with Crippen LogP contribution in [0.3, 0.4) is 0 Å². The minimum Gasteiger partial charge on any atom is -0.481 e. The van der Waals surface area contributed by atoms with Gasteiger partial charge in [-0.05, 0) is 22.3 Å². The Morgan fingerprint density at radius 1 is 0.971 bits per heavy atom. The van der Waals surface area contributed by atoms with Crippen molar-refractivity contribution in [1.29, 1.82) is 0 Å². The number of nitrogens with one attached hydrogen (secondary N) is 2. The van der Waals surface area contributed by atoms with Gasteiger partial charge in [0.15, 0.2) is 0 Å². The lowest BCUT2D eigenvalue weighted by Gasteiger charge is -2.19. The Morgan fingerprint density at radius 3 is 2.12 bits per heavy atom. The molecule has 1 atom stereocenters. The fourth-order valence-corrected chi connectivity index (χ4v) is 3.73. The molecule has 1 unspecified atom stereocenters. The van der Waals surface area contributed by atoms with Gasteiger partial charge >= 0.3 is 18.2 Å². The van der Waals surface area contributed by atoms with Gasteiger partial charge in [0.1, 0.15) is 19.3 Å². The zero-order valence-corrected chi connectivity index (χ0v) is 18.9. The predicted octanol–water partition coefficient (Wildman–Crippen LogP) is 2.18. The van der Waals surface area contributed by atoms with E-state index in [1.807, 2.05) is 48.5 Å². The highest BCUT2D eigenvalue weighted by Crippen LogP contribution is 2.44. The van der Waals surface area contributed by atoms with E-state index in [0.717, 1.165) is 22.3 Å². The molecule has 3 rings (SSSR count). The Balaban J connectivity index is 1.56. The lowest BCUT2D eigenvalue weighted by Crippen LogP contribution is -2.48. The number of fused-ring (bicyclic) bond motifs is 3. The van der Waals surface area contributed by atoms with Gasteiger partial charge in [0.25, 0.3) is 0 Å². The van der Waals surface area contributed by atoms with Gasteiger partial charge in [-0.3, -0.25) is 9.59 Å². The molecule has 1 aliphatic carbocycles. The summed E-state index contributed by atoms with van der Waals surface area (Å²) in [7, 11) is 3.03. The number of amides is 3. The van der Waals surface area contributed by atoms with Crippen molar-refractivity contribution in [3.8, 4) is 11.1 Å². The fraction of sp³-hybridized carbons (Fsp3) is 0.333. The van der Waals surface area contributed by atoms with Crippen LogP contribution in [-0.4, -0.2) is 74.0 Å². The van der Waals surface area contributed by atoms with Gasteiger partial charge < -0.3 is 30.1 Å². The topological polar surface area (TPSA) is 134 Å². The Kier molecular flexibility index (Phi) is 8.07. The first-order valence-electron chi connectivity index (χ1n) is 10.7. The Labute approximate surface area is 196 Å². The number of nitrogens with zero attached hydrogens (tertiary/aromatic N) is 1. The van der Waals surface area contributed by atoms with Crippen LogP contribution in [0.5, 0.6) is 0 Å². The summed E-state index contributed by atoms with van der Waals surface area (Å²) in [5.41, 5.74) is 4.21. The maximum Gasteiger partial charge on any atom is 0.409 e. The van der Waals surface area contributed by atoms with E-state index in [2.05, 4.69) is 10.6 Å². The number of carbonyl (C=O) groups excluding carboxylic acids is 3. The number of alkyl carbamates (subject to hydrolysis) is 1. The van der Waals surface area contributed by atoms with Crippen LogP contribution in [0.2, 0.25) is 0 Å². The molecule has 1 aliphatic rings. The standard InChI is InChI=1S/C24H27N3O7/c1-27(2)24(32)33-12-11-25-22(30)20(13-21(28)29)26-23(31)34-14-19-17-9-5-3-7-15(17)16-8-4-6-10-18(16)19/h3-10,19-20H,11-14H2,1-2H3,(H,25,30)(H,26,31)(H,28,29). The largest absolute Gasteiger partial charge is 0.481 e. The van der Waals surface area contributed by atoms with Crippen molar-refractivity contribution in [3.63, 3.8) is 0 Å². The molecular weight excluding hydrogens is 442 g/mol. The molecule has 10 nitrogen and oxygen atoms in total. The highest BCUT2D eigenvalue weighted by atomic mass is 16.6. The monoisotopic (exact) mass is 469 g/mol. The number of ether oxygens (including phenoxy) is 2. The quantitative estimate of drug-likeness (QED) is 0.479. The molecule has 2 aromatic rings. The van der Waals surface area contributed by atoms with E-state index < -0.39 is 36.5 Å². The first-order valence-corrected chi connectivity index (χ1v) is 10.7. The van der Waals surface area contributed by atoms with Crippen LogP contribution in [0.15, 0.2) is 48.5 Å². The molecule has 0 bridgehead atoms. The van der Waals surface area contributed by atoms with E-state index in [0.29, 0.717) is 0 Å². The molecule has 0 aromatic heterocycles. The summed E-state index contributed by atoms with van der Waals surface area (Å²) in [5.74, 6) is -2.16. The third kappa shape index (κ3) is 6.03. The Hall–Kier alpha value is -4.08. The van der Waals surface area contributed by atoms with Gasteiger partial charge in [-0.1, -0.05) is 48.5 Å². The van der Waals surface area contributed by atoms with E-state index in [1.54, 1.807) is 0 Å². The van der Waals surface area contributed by atoms with Crippen LogP contribution in [0.25, 0.3) is 11.1 Å². The molecule has 0 radical (unpaired) electrons. The van der Waals surface area contributed by atoms with Crippen LogP contribution >= 0.6 is 0 Å². The van der Waals surface area contributed by atoms with Gasteiger partial charge in [0, 0.05) is 20.0 Å². The van der Waals surface area contributed by atoms with Gasteiger partial charge in [-0.2, -0.15) is 0 Å². The third-order valence-electron chi connectivity index (χ3n) is 5.32. The molecule has 34 heavy (non-hydrogen) atoms. The lowest BCUT2D eigenvalue weighted by atomic mass is 9.98. The summed E-state index contributed by atoms with van der Waals surface area (Å²) >= 11 is 0. The smallest absolute Gasteiger partial charge is 0.409 e. The van der Waals surface area contributed by atoms with Crippen molar-refractivity contribution in [3.05, 3.63) is 59.7 Å². The molecule has 0 saturated carbocycles. The minimum atomic E-state index is -1.35. The SMILES string of the molecule is CN(C)C(=O)OCCNC(=O)C(CC(=O)O)NC(=O)OCC1c2ccccc2-c2ccccc21. The van der Waals surface area contributed by atoms with Gasteiger partial charge in [0.2, 0.25) is 5.91 Å². The fourth-order valence-electron chi connectivity index (χ4n) is 3.73. The molecular formula is C24H27N3O7. The third-order valence-corrected chi connectivity index (χ3v) is 5.32. The summed E-state index contributed by atoms with van der Waals surface area (Å²) < 4.78 is 10.3. The van der Waals surface area contributed by atoms with E-state index in [9.17, 15) is 19.2 Å². The zero-order valence-electron chi connectivity index (χ0n) is 18.9. The molecule has 3 amide bonds. The first-order chi connectivity index (χ1) is 16.3. The number of hydrogen-bond donors (Lipinski definition) is 3. The molecule has 0 aliphatic heterocycles. The summed E-state index contributed by atoms with van der Waals surface area (Å²) in [6.07, 6.45) is -2.11. The van der Waals surface area contributed by atoms with Crippen LogP contribution in [0.1, 0.15) is 23.5 Å². The first kappa shape index (κ1) is 24.6. The van der Waals surface area contributed by atoms with Crippen molar-refractivity contribution >= 4 is 24.1 Å². The van der Waals surface area contributed by atoms with E-state index in [-0.39, 0.29) is 25.7 Å². The average Bonchev–Trinajstić information content (AvgIpc) is 3.13. The highest BCUT2D eigenvalue weighted by Gasteiger charge is 2.30. The second-order valence-electron chi connectivity index (χ2n) is 7.92. The number of hydrogen-bond acceptors (Lipinski definition) is 6. The number of rotatable bonds is 9. The molecule has 0 fully saturated rings. The molecule has 2 aromatic carbocycles. The van der Waals surface area contributed by atoms with E-state index in [4.69, 9.17) is 14.6 Å². The van der Waals surface area contributed by atoms with Gasteiger partial charge in [-0.15, -0.1) is 0 Å². The van der Waals surface area contributed by atoms with Crippen molar-refractivity contribution in [2.24, 2.45) is 0 Å². The summed E-state index contributed by atoms with van der Waals surface area (Å²) in [5, 5.41) is 13.9. The zero-order chi connectivity index (χ0) is 24.7. The summed E-state index contributed by atoms with van der Waals surface area (Å²) in [4.78, 5) is 48.6. The highest BCUT2D eigenvalue weighted by molar-refractivity contribution is 5.89. The van der Waals surface area contributed by atoms with Crippen LogP contribution in [0.4, 0.5) is 9.59 Å². The van der Waals surface area contributed by atoms with Crippen molar-refractivity contribution in [2.45, 2.75) is 18.4 Å². The number of carboxylic acids is 1. The maximum atomic E-state index is 12.4. The predicted molar refractivity (Wildman–Crippen MR) is 122 cm³/mol. The maximum absolute atomic E-state index is 12.4. The van der Waals surface area contributed by atoms with Crippen molar-refractivity contribution < 1.29 is 33.8 Å². The van der Waals surface area contributed by atoms with Crippen molar-refractivity contribution in [2.75, 3.05) is 33.9 Å². The number of carboxylic acid groups (broad SMARTS) is 1. The molecule has 0 heterocycles. The number of benzene rings is 2. The molecule has 0 spiro atoms. The molecule has 0 saturated heterocycles. The Morgan fingerprint density at radius 2 is 1.56 bits per heavy atom. The lowest BCUT2D eigenvalue weighted by molar-refractivity contribution is -0.139. The Bertz CT molecular complexity index is 1020. The van der Waals surface area contributed by atoms with Gasteiger partial charge in [-0.25, -0.2) is 9.59 Å². The second kappa shape index (κ2) is 11.2. The van der Waals surface area contributed by atoms with Crippen molar-refractivity contribution in [1.82, 2.24) is 15.5 Å². The van der Waals surface area contributed by atoms with Crippen LogP contribution in [0, 0.1) is 0 Å². The summed E-state index contributed by atoms with van der Waals surface area (Å²) in [6.45, 7) is -0.115. The minimum absolute atomic E-state index is 0.0295. The number of aliphatic carboxylic acids is 1. The molecule has 10 heteroatoms. The van der Waals surface area contributed by atoms with Gasteiger partial charge in [0.05, 0.1) is 13.0 Å². The average molecular weight is 469 g/mol. The van der Waals surface area contributed by atoms with Crippen LogP contribution < -0.4 is 10.6 Å². The van der Waals surface area contributed by atoms with E-state index in [1.165, 1.54) is 19.0 Å². The van der Waals surface area contributed by atoms with E-state index >= 15 is 0 Å². The molecule has 180 valence electrons. The normalized spacial score (nSPS) is 12.6. The second-order valence-corrected chi connectivity index (χ2v) is 7.92. The number of carbonyl (C=O) groups is 4. The summed E-state index contributed by atoms with van der Waals surface area (Å²) in [6, 6.07) is 14.4.